The summed E-state index contributed by atoms with van der Waals surface area (Å²) >= 11 is 0. The van der Waals surface area contributed by atoms with Crippen LogP contribution in [0.2, 0.25) is 18.1 Å². The fourth-order valence-electron chi connectivity index (χ4n) is 7.33. The number of hydrogen-bond donors (Lipinski definition) is 3. The van der Waals surface area contributed by atoms with Gasteiger partial charge in [0.2, 0.25) is 11.5 Å². The van der Waals surface area contributed by atoms with Crippen LogP contribution in [-0.4, -0.2) is 86.6 Å². The van der Waals surface area contributed by atoms with Crippen molar-refractivity contribution < 1.29 is 19.1 Å². The van der Waals surface area contributed by atoms with Gasteiger partial charge in [0, 0.05) is 57.3 Å². The fraction of sp³-hybridized carbons (Fsp3) is 0.600. The molecule has 1 aromatic heterocycles. The number of likely N-dealkylation sites (N-methyl/N-ethyl adjacent to an activating group) is 1. The first-order chi connectivity index (χ1) is 23.8. The van der Waals surface area contributed by atoms with Crippen LogP contribution in [0.1, 0.15) is 76.2 Å². The number of carbonyl (C=O) groups is 1. The number of aromatic amines is 1. The van der Waals surface area contributed by atoms with Gasteiger partial charge in [-0.25, -0.2) is 0 Å². The number of amides is 1. The average Bonchev–Trinajstić information content (AvgIpc) is 3.67. The standard InChI is InChI=1S/C40H60N4O5Si/c1-7-44(38(47)20-24-48-23-19-29-11-13-30(14-12-29)26-43-27-31-9-8-10-32(31)28-43)22-21-41-25-36(49-50(5,6)40(2,3)4)33-15-17-35(45)39-34(33)16-18-37(46)42-39/h11-18,31-32,36,41,45H,7-10,19-28H2,1-6H3,(H,42,46)/t31?,32?,36-/m0/s1. The molecular formula is C40H60N4O5Si. The van der Waals surface area contributed by atoms with E-state index in [2.05, 4.69) is 73.3 Å². The number of nitrogens with one attached hydrogen (secondary N) is 2. The Bertz CT molecular complexity index is 1610. The maximum atomic E-state index is 13.0. The van der Waals surface area contributed by atoms with E-state index < -0.39 is 8.32 Å². The second-order valence-electron chi connectivity index (χ2n) is 15.9. The Kier molecular flexibility index (Phi) is 13.0. The largest absolute Gasteiger partial charge is 0.506 e. The van der Waals surface area contributed by atoms with Crippen LogP contribution in [0.25, 0.3) is 10.9 Å². The van der Waals surface area contributed by atoms with Crippen molar-refractivity contribution in [3.8, 4) is 5.75 Å². The minimum Gasteiger partial charge on any atom is -0.506 e. The molecule has 0 spiro atoms. The van der Waals surface area contributed by atoms with E-state index in [9.17, 15) is 14.7 Å². The number of fused-ring (bicyclic) bond motifs is 2. The number of rotatable bonds is 17. The number of phenols is 1. The lowest BCUT2D eigenvalue weighted by atomic mass is 10.0. The molecule has 1 amide bonds. The van der Waals surface area contributed by atoms with Crippen molar-refractivity contribution in [1.82, 2.24) is 20.1 Å². The first-order valence-corrected chi connectivity index (χ1v) is 21.6. The van der Waals surface area contributed by atoms with E-state index >= 15 is 0 Å². The summed E-state index contributed by atoms with van der Waals surface area (Å²) in [6, 6.07) is 15.7. The first-order valence-electron chi connectivity index (χ1n) is 18.7. The number of phenolic OH excluding ortho intramolecular Hbond substituents is 1. The van der Waals surface area contributed by atoms with Gasteiger partial charge in [-0.2, -0.15) is 0 Å². The van der Waals surface area contributed by atoms with Crippen LogP contribution in [0, 0.1) is 11.8 Å². The molecule has 0 bridgehead atoms. The highest BCUT2D eigenvalue weighted by Crippen LogP contribution is 2.41. The molecule has 9 nitrogen and oxygen atoms in total. The molecular weight excluding hydrogens is 645 g/mol. The molecule has 3 N–H and O–H groups in total. The molecule has 50 heavy (non-hydrogen) atoms. The average molecular weight is 705 g/mol. The Morgan fingerprint density at radius 3 is 2.42 bits per heavy atom. The summed E-state index contributed by atoms with van der Waals surface area (Å²) in [6.45, 7) is 20.0. The van der Waals surface area contributed by atoms with E-state index in [0.29, 0.717) is 51.3 Å². The number of likely N-dealkylation sites (tertiary alicyclic amines) is 1. The van der Waals surface area contributed by atoms with E-state index in [0.717, 1.165) is 35.8 Å². The highest BCUT2D eigenvalue weighted by Gasteiger charge is 2.40. The van der Waals surface area contributed by atoms with E-state index in [1.807, 2.05) is 17.9 Å². The quantitative estimate of drug-likeness (QED) is 0.107. The van der Waals surface area contributed by atoms with Gasteiger partial charge in [-0.1, -0.05) is 57.5 Å². The van der Waals surface area contributed by atoms with Crippen molar-refractivity contribution in [2.75, 3.05) is 52.5 Å². The lowest BCUT2D eigenvalue weighted by Gasteiger charge is -2.39. The maximum Gasteiger partial charge on any atom is 0.248 e. The third-order valence-electron chi connectivity index (χ3n) is 11.3. The number of H-pyrrole nitrogens is 1. The normalized spacial score (nSPS) is 18.8. The van der Waals surface area contributed by atoms with Gasteiger partial charge in [0.15, 0.2) is 8.32 Å². The number of ether oxygens (including phenoxy) is 1. The summed E-state index contributed by atoms with van der Waals surface area (Å²) in [6.07, 6.45) is 5.16. The number of aromatic nitrogens is 1. The van der Waals surface area contributed by atoms with E-state index in [-0.39, 0.29) is 28.4 Å². The first kappa shape index (κ1) is 38.2. The van der Waals surface area contributed by atoms with Gasteiger partial charge >= 0.3 is 0 Å². The molecule has 3 atom stereocenters. The summed E-state index contributed by atoms with van der Waals surface area (Å²) in [5, 5.41) is 14.8. The Hall–Kier alpha value is -3.02. The zero-order valence-corrected chi connectivity index (χ0v) is 32.2. The van der Waals surface area contributed by atoms with Gasteiger partial charge in [0.05, 0.1) is 31.3 Å². The Morgan fingerprint density at radius 2 is 1.74 bits per heavy atom. The molecule has 2 unspecified atom stereocenters. The molecule has 2 fully saturated rings. The number of pyridine rings is 1. The summed E-state index contributed by atoms with van der Waals surface area (Å²) < 4.78 is 12.8. The second-order valence-corrected chi connectivity index (χ2v) is 20.7. The van der Waals surface area contributed by atoms with Crippen LogP contribution in [-0.2, 0) is 26.9 Å². The summed E-state index contributed by atoms with van der Waals surface area (Å²) in [4.78, 5) is 32.3. The summed E-state index contributed by atoms with van der Waals surface area (Å²) in [5.74, 6) is 1.98. The summed E-state index contributed by atoms with van der Waals surface area (Å²) in [7, 11) is -2.18. The van der Waals surface area contributed by atoms with Crippen molar-refractivity contribution in [1.29, 1.82) is 0 Å². The highest BCUT2D eigenvalue weighted by atomic mass is 28.4. The zero-order valence-electron chi connectivity index (χ0n) is 31.2. The molecule has 1 aliphatic heterocycles. The number of aromatic hydroxyl groups is 1. The predicted molar refractivity (Wildman–Crippen MR) is 204 cm³/mol. The van der Waals surface area contributed by atoms with Gasteiger partial charge in [0.25, 0.3) is 0 Å². The van der Waals surface area contributed by atoms with Crippen molar-refractivity contribution in [3.05, 3.63) is 75.6 Å². The molecule has 0 radical (unpaired) electrons. The van der Waals surface area contributed by atoms with Crippen molar-refractivity contribution in [2.24, 2.45) is 11.8 Å². The van der Waals surface area contributed by atoms with E-state index in [1.54, 1.807) is 12.1 Å². The van der Waals surface area contributed by atoms with Gasteiger partial charge in [-0.05, 0) is 85.0 Å². The molecule has 2 heterocycles. The maximum absolute atomic E-state index is 13.0. The molecule has 274 valence electrons. The molecule has 10 heteroatoms. The zero-order chi connectivity index (χ0) is 35.9. The molecule has 1 aliphatic carbocycles. The van der Waals surface area contributed by atoms with Crippen molar-refractivity contribution >= 4 is 25.1 Å². The Morgan fingerprint density at radius 1 is 1.04 bits per heavy atom. The second kappa shape index (κ2) is 17.0. The topological polar surface area (TPSA) is 107 Å². The third kappa shape index (κ3) is 9.85. The van der Waals surface area contributed by atoms with E-state index in [1.165, 1.54) is 49.5 Å². The highest BCUT2D eigenvalue weighted by molar-refractivity contribution is 6.74. The molecule has 3 aromatic rings. The number of nitrogens with zero attached hydrogens (tertiary/aromatic N) is 2. The smallest absolute Gasteiger partial charge is 0.248 e. The minimum absolute atomic E-state index is 0.00314. The Balaban J connectivity index is 1.05. The van der Waals surface area contributed by atoms with Crippen LogP contribution >= 0.6 is 0 Å². The monoisotopic (exact) mass is 704 g/mol. The lowest BCUT2D eigenvalue weighted by molar-refractivity contribution is -0.132. The van der Waals surface area contributed by atoms with Gasteiger partial charge in [-0.15, -0.1) is 0 Å². The summed E-state index contributed by atoms with van der Waals surface area (Å²) in [5.41, 5.74) is 3.71. The number of benzene rings is 2. The predicted octanol–water partition coefficient (Wildman–Crippen LogP) is 6.62. The molecule has 5 rings (SSSR count). The lowest BCUT2D eigenvalue weighted by Crippen LogP contribution is -2.44. The van der Waals surface area contributed by atoms with Crippen LogP contribution in [0.4, 0.5) is 0 Å². The van der Waals surface area contributed by atoms with Crippen molar-refractivity contribution in [2.45, 2.75) is 90.6 Å². The SMILES string of the molecule is CCN(CCNC[C@H](O[Si](C)(C)C(C)(C)C)c1ccc(O)c2[nH]c(=O)ccc12)C(=O)CCOCCc1ccc(CN2CC3CCCC3C2)cc1. The van der Waals surface area contributed by atoms with Crippen LogP contribution < -0.4 is 10.9 Å². The van der Waals surface area contributed by atoms with Gasteiger partial charge in [-0.3, -0.25) is 14.5 Å². The van der Waals surface area contributed by atoms with Crippen LogP contribution in [0.5, 0.6) is 5.75 Å². The van der Waals surface area contributed by atoms with E-state index in [4.69, 9.17) is 9.16 Å². The van der Waals surface area contributed by atoms with Gasteiger partial charge < -0.3 is 29.5 Å². The molecule has 2 aromatic carbocycles. The fourth-order valence-corrected chi connectivity index (χ4v) is 8.61. The molecule has 1 saturated heterocycles. The molecule has 2 aliphatic rings. The van der Waals surface area contributed by atoms with Gasteiger partial charge in [0.1, 0.15) is 5.75 Å². The molecule has 1 saturated carbocycles. The van der Waals surface area contributed by atoms with Crippen LogP contribution in [0.3, 0.4) is 0 Å². The van der Waals surface area contributed by atoms with Crippen molar-refractivity contribution in [3.63, 3.8) is 0 Å². The van der Waals surface area contributed by atoms with Crippen LogP contribution in [0.15, 0.2) is 53.3 Å². The Labute approximate surface area is 299 Å². The number of hydrogen-bond acceptors (Lipinski definition) is 7. The number of carbonyl (C=O) groups excluding carboxylic acids is 1. The third-order valence-corrected chi connectivity index (χ3v) is 15.8. The minimum atomic E-state index is -2.18.